The quantitative estimate of drug-likeness (QED) is 0.296. The van der Waals surface area contributed by atoms with Crippen molar-refractivity contribution in [1.29, 1.82) is 0 Å². The summed E-state index contributed by atoms with van der Waals surface area (Å²) in [5.74, 6) is 0.802. The normalized spacial score (nSPS) is 12.2. The van der Waals surface area contributed by atoms with E-state index >= 15 is 0 Å². The molecule has 0 amide bonds. The first-order valence-corrected chi connectivity index (χ1v) is 11.1. The van der Waals surface area contributed by atoms with Crippen LogP contribution in [-0.4, -0.2) is 19.5 Å². The third kappa shape index (κ3) is 3.11. The molecule has 162 valence electrons. The number of fused-ring (bicyclic) bond motifs is 4. The van der Waals surface area contributed by atoms with Crippen molar-refractivity contribution >= 4 is 33.2 Å². The van der Waals surface area contributed by atoms with Crippen molar-refractivity contribution in [2.45, 2.75) is 33.1 Å². The van der Waals surface area contributed by atoms with Crippen LogP contribution in [0.4, 0.5) is 0 Å². The Labute approximate surface area is 191 Å². The largest absolute Gasteiger partial charge is 0.437 e. The molecule has 5 nitrogen and oxygen atoms in total. The summed E-state index contributed by atoms with van der Waals surface area (Å²) in [5.41, 5.74) is 7.12. The van der Waals surface area contributed by atoms with E-state index in [1.165, 1.54) is 0 Å². The molecule has 4 aromatic heterocycles. The molecule has 0 saturated carbocycles. The highest BCUT2D eigenvalue weighted by Gasteiger charge is 2.22. The molecule has 0 aliphatic rings. The summed E-state index contributed by atoms with van der Waals surface area (Å²) in [4.78, 5) is 14.6. The predicted molar refractivity (Wildman–Crippen MR) is 133 cm³/mol. The summed E-state index contributed by atoms with van der Waals surface area (Å²) >= 11 is 0. The predicted octanol–water partition coefficient (Wildman–Crippen LogP) is 6.99. The van der Waals surface area contributed by atoms with Crippen molar-refractivity contribution in [3.63, 3.8) is 0 Å². The van der Waals surface area contributed by atoms with Gasteiger partial charge in [0.1, 0.15) is 11.1 Å². The third-order valence-corrected chi connectivity index (χ3v) is 6.12. The van der Waals surface area contributed by atoms with Crippen LogP contribution in [0, 0.1) is 6.92 Å². The van der Waals surface area contributed by atoms with Gasteiger partial charge in [0.05, 0.1) is 5.56 Å². The number of pyridine rings is 2. The molecule has 0 aliphatic carbocycles. The van der Waals surface area contributed by atoms with Gasteiger partial charge >= 0.3 is 0 Å². The van der Waals surface area contributed by atoms with Crippen LogP contribution >= 0.6 is 0 Å². The van der Waals surface area contributed by atoms with E-state index in [2.05, 4.69) is 72.8 Å². The Bertz CT molecular complexity index is 1650. The van der Waals surface area contributed by atoms with E-state index in [9.17, 15) is 0 Å². The molecular weight excluding hydrogens is 408 g/mol. The number of hydrogen-bond donors (Lipinski definition) is 0. The van der Waals surface area contributed by atoms with Gasteiger partial charge < -0.3 is 4.42 Å². The van der Waals surface area contributed by atoms with E-state index < -0.39 is 0 Å². The van der Waals surface area contributed by atoms with Gasteiger partial charge in [0.25, 0.3) is 0 Å². The maximum absolute atomic E-state index is 6.30. The molecule has 0 bridgehead atoms. The summed E-state index contributed by atoms with van der Waals surface area (Å²) in [5, 5.41) is 2.04. The van der Waals surface area contributed by atoms with E-state index in [-0.39, 0.29) is 5.41 Å². The molecule has 33 heavy (non-hydrogen) atoms. The lowest BCUT2D eigenvalue weighted by Crippen LogP contribution is -2.11. The van der Waals surface area contributed by atoms with Crippen molar-refractivity contribution in [3.8, 4) is 17.1 Å². The van der Waals surface area contributed by atoms with Crippen LogP contribution in [0.25, 0.3) is 50.3 Å². The molecule has 0 fully saturated rings. The van der Waals surface area contributed by atoms with Gasteiger partial charge in [-0.3, -0.25) is 4.57 Å². The first-order valence-electron chi connectivity index (χ1n) is 11.1. The van der Waals surface area contributed by atoms with Crippen molar-refractivity contribution in [2.24, 2.45) is 0 Å². The topological polar surface area (TPSA) is 56.7 Å². The number of para-hydroxylation sites is 2. The Morgan fingerprint density at radius 3 is 2.45 bits per heavy atom. The van der Waals surface area contributed by atoms with Crippen LogP contribution in [0.15, 0.2) is 77.3 Å². The van der Waals surface area contributed by atoms with Crippen molar-refractivity contribution in [1.82, 2.24) is 19.5 Å². The fourth-order valence-corrected chi connectivity index (χ4v) is 4.32. The van der Waals surface area contributed by atoms with Gasteiger partial charge in [-0.2, -0.15) is 0 Å². The average Bonchev–Trinajstić information content (AvgIpc) is 3.36. The summed E-state index contributed by atoms with van der Waals surface area (Å²) in [6.07, 6.45) is 1.96. The van der Waals surface area contributed by atoms with Gasteiger partial charge in [-0.1, -0.05) is 51.1 Å². The molecule has 0 saturated heterocycles. The molecule has 0 atom stereocenters. The maximum atomic E-state index is 6.30. The fraction of sp³-hybridized carbons (Fsp3) is 0.179. The molecule has 2 aromatic carbocycles. The smallest absolute Gasteiger partial charge is 0.227 e. The maximum Gasteiger partial charge on any atom is 0.227 e. The number of rotatable bonds is 2. The van der Waals surface area contributed by atoms with Gasteiger partial charge in [0, 0.05) is 28.4 Å². The zero-order valence-corrected chi connectivity index (χ0v) is 19.1. The van der Waals surface area contributed by atoms with E-state index in [0.29, 0.717) is 5.71 Å². The Morgan fingerprint density at radius 2 is 1.67 bits per heavy atom. The van der Waals surface area contributed by atoms with Crippen LogP contribution in [0.1, 0.15) is 32.0 Å². The fourth-order valence-electron chi connectivity index (χ4n) is 4.32. The molecule has 0 aliphatic heterocycles. The number of hydrogen-bond acceptors (Lipinski definition) is 4. The van der Waals surface area contributed by atoms with Crippen LogP contribution < -0.4 is 0 Å². The van der Waals surface area contributed by atoms with Crippen LogP contribution in [0.3, 0.4) is 0 Å². The second-order valence-electron chi connectivity index (χ2n) is 9.51. The molecule has 0 spiro atoms. The lowest BCUT2D eigenvalue weighted by atomic mass is 9.88. The summed E-state index contributed by atoms with van der Waals surface area (Å²) in [6, 6.07) is 22.7. The van der Waals surface area contributed by atoms with Gasteiger partial charge in [-0.15, -0.1) is 0 Å². The minimum atomic E-state index is -0.0137. The molecule has 6 aromatic rings. The zero-order valence-electron chi connectivity index (χ0n) is 19.1. The first-order chi connectivity index (χ1) is 15.9. The van der Waals surface area contributed by atoms with Crippen LogP contribution in [0.2, 0.25) is 0 Å². The standard InChI is InChI=1S/C28H24N4O/c1-17-13-14-21-20-11-8-12-22(24(20)33-27(21)30-17)25-31-23-15-18(28(2,3)4)16-29-26(23)32(25)19-9-6-5-7-10-19/h5-16H,1-4H3. The van der Waals surface area contributed by atoms with Crippen molar-refractivity contribution in [2.75, 3.05) is 0 Å². The number of aromatic nitrogens is 4. The van der Waals surface area contributed by atoms with Crippen LogP contribution in [0.5, 0.6) is 0 Å². The van der Waals surface area contributed by atoms with Gasteiger partial charge in [-0.05, 0) is 54.3 Å². The zero-order chi connectivity index (χ0) is 22.7. The third-order valence-electron chi connectivity index (χ3n) is 6.12. The molecule has 0 radical (unpaired) electrons. The van der Waals surface area contributed by atoms with E-state index in [0.717, 1.165) is 55.9 Å². The lowest BCUT2D eigenvalue weighted by Gasteiger charge is -2.18. The van der Waals surface area contributed by atoms with Crippen molar-refractivity contribution in [3.05, 3.63) is 84.2 Å². The summed E-state index contributed by atoms with van der Waals surface area (Å²) in [7, 11) is 0. The number of benzene rings is 2. The Hall–Kier alpha value is -3.99. The molecule has 4 heterocycles. The van der Waals surface area contributed by atoms with E-state index in [4.69, 9.17) is 14.4 Å². The highest BCUT2D eigenvalue weighted by molar-refractivity contribution is 6.08. The minimum absolute atomic E-state index is 0.0137. The number of aryl methyl sites for hydroxylation is 1. The molecule has 5 heteroatoms. The highest BCUT2D eigenvalue weighted by Crippen LogP contribution is 2.37. The Balaban J connectivity index is 1.70. The summed E-state index contributed by atoms with van der Waals surface area (Å²) < 4.78 is 8.41. The molecular formula is C28H24N4O. The SMILES string of the molecule is Cc1ccc2c(n1)oc1c(-c3nc4cc(C(C)(C)C)cnc4n3-c3ccccc3)cccc12. The summed E-state index contributed by atoms with van der Waals surface area (Å²) in [6.45, 7) is 8.54. The van der Waals surface area contributed by atoms with E-state index in [1.54, 1.807) is 0 Å². The van der Waals surface area contributed by atoms with Crippen LogP contribution in [-0.2, 0) is 5.41 Å². The average molecular weight is 433 g/mol. The van der Waals surface area contributed by atoms with Crippen molar-refractivity contribution < 1.29 is 4.42 Å². The molecule has 0 N–H and O–H groups in total. The lowest BCUT2D eigenvalue weighted by molar-refractivity contribution is 0.588. The van der Waals surface area contributed by atoms with E-state index in [1.807, 2.05) is 37.4 Å². The number of furan rings is 1. The van der Waals surface area contributed by atoms with Gasteiger partial charge in [0.15, 0.2) is 11.5 Å². The van der Waals surface area contributed by atoms with Gasteiger partial charge in [0.2, 0.25) is 5.71 Å². The minimum Gasteiger partial charge on any atom is -0.437 e. The Morgan fingerprint density at radius 1 is 0.848 bits per heavy atom. The second-order valence-corrected chi connectivity index (χ2v) is 9.51. The van der Waals surface area contributed by atoms with Gasteiger partial charge in [-0.25, -0.2) is 15.0 Å². The number of nitrogens with zero attached hydrogens (tertiary/aromatic N) is 4. The molecule has 0 unspecified atom stereocenters. The number of imidazole rings is 1. The monoisotopic (exact) mass is 432 g/mol. The first kappa shape index (κ1) is 19.7. The Kier molecular flexibility index (Phi) is 4.18. The highest BCUT2D eigenvalue weighted by atomic mass is 16.3. The molecule has 6 rings (SSSR count). The second kappa shape index (κ2) is 7.01.